The number of ether oxygens (including phenoxy) is 4. The molecule has 0 aromatic heterocycles. The van der Waals surface area contributed by atoms with Gasteiger partial charge in [0.05, 0.1) is 52.9 Å². The van der Waals surface area contributed by atoms with Crippen LogP contribution in [0, 0.1) is 0 Å². The lowest BCUT2D eigenvalue weighted by molar-refractivity contribution is -0.118. The van der Waals surface area contributed by atoms with E-state index in [2.05, 4.69) is 13.8 Å². The molecule has 0 fully saturated rings. The minimum absolute atomic E-state index is 0.140. The molecule has 0 heterocycles. The standard InChI is InChI=1S/C12H25NO5.C3H8/c1-12(14)2-4-15-6-8-17-10-11-18-9-7-16-5-3-13;1-3-2/h2-11,13H2,1H3;3H2,1-2H3. The summed E-state index contributed by atoms with van der Waals surface area (Å²) in [6.45, 7) is 10.6. The number of hydrogen-bond acceptors (Lipinski definition) is 6. The Bertz CT molecular complexity index is 203. The fraction of sp³-hybridized carbons (Fsp3) is 0.933. The van der Waals surface area contributed by atoms with Crippen molar-refractivity contribution in [1.82, 2.24) is 0 Å². The van der Waals surface area contributed by atoms with Gasteiger partial charge in [-0.25, -0.2) is 0 Å². The number of carbonyl (C=O) groups excluding carboxylic acids is 1. The van der Waals surface area contributed by atoms with Crippen LogP contribution in [0.25, 0.3) is 0 Å². The molecule has 0 unspecified atom stereocenters. The number of hydrogen-bond donors (Lipinski definition) is 1. The van der Waals surface area contributed by atoms with Crippen LogP contribution in [0.5, 0.6) is 0 Å². The molecule has 0 bridgehead atoms. The van der Waals surface area contributed by atoms with E-state index in [9.17, 15) is 4.79 Å². The fourth-order valence-electron chi connectivity index (χ4n) is 1.06. The van der Waals surface area contributed by atoms with Crippen molar-refractivity contribution in [2.45, 2.75) is 33.6 Å². The molecule has 0 aliphatic heterocycles. The second-order valence-corrected chi connectivity index (χ2v) is 4.40. The molecule has 0 amide bonds. The third-order valence-corrected chi connectivity index (χ3v) is 1.98. The molecule has 2 N–H and O–H groups in total. The number of carbonyl (C=O) groups is 1. The summed E-state index contributed by atoms with van der Waals surface area (Å²) >= 11 is 0. The Balaban J connectivity index is 0. The molecule has 0 aliphatic rings. The van der Waals surface area contributed by atoms with Gasteiger partial charge in [-0.15, -0.1) is 0 Å². The summed E-state index contributed by atoms with van der Waals surface area (Å²) < 4.78 is 20.9. The molecule has 6 heteroatoms. The van der Waals surface area contributed by atoms with E-state index in [0.717, 1.165) is 0 Å². The third-order valence-electron chi connectivity index (χ3n) is 1.98. The van der Waals surface area contributed by atoms with Crippen molar-refractivity contribution in [2.24, 2.45) is 5.73 Å². The summed E-state index contributed by atoms with van der Waals surface area (Å²) in [4.78, 5) is 10.6. The minimum atomic E-state index is 0.140. The third kappa shape index (κ3) is 28.4. The van der Waals surface area contributed by atoms with Gasteiger partial charge in [0.2, 0.25) is 0 Å². The topological polar surface area (TPSA) is 80.0 Å². The first-order valence-corrected chi connectivity index (χ1v) is 7.69. The van der Waals surface area contributed by atoms with Crippen molar-refractivity contribution in [1.29, 1.82) is 0 Å². The second-order valence-electron chi connectivity index (χ2n) is 4.40. The molecule has 0 saturated heterocycles. The first kappa shape index (κ1) is 22.7. The van der Waals surface area contributed by atoms with E-state index < -0.39 is 0 Å². The van der Waals surface area contributed by atoms with Gasteiger partial charge in [-0.05, 0) is 6.92 Å². The van der Waals surface area contributed by atoms with Gasteiger partial charge in [0.15, 0.2) is 0 Å². The van der Waals surface area contributed by atoms with Crippen LogP contribution in [-0.2, 0) is 23.7 Å². The van der Waals surface area contributed by atoms with Crippen LogP contribution in [-0.4, -0.2) is 65.2 Å². The van der Waals surface area contributed by atoms with E-state index >= 15 is 0 Å². The predicted molar refractivity (Wildman–Crippen MR) is 83.6 cm³/mol. The molecular weight excluding hydrogens is 274 g/mol. The zero-order valence-corrected chi connectivity index (χ0v) is 13.9. The van der Waals surface area contributed by atoms with Crippen molar-refractivity contribution in [3.05, 3.63) is 0 Å². The Labute approximate surface area is 129 Å². The summed E-state index contributed by atoms with van der Waals surface area (Å²) in [5.74, 6) is 0.140. The highest BCUT2D eigenvalue weighted by atomic mass is 16.6. The van der Waals surface area contributed by atoms with E-state index in [0.29, 0.717) is 65.8 Å². The van der Waals surface area contributed by atoms with Crippen molar-refractivity contribution in [3.63, 3.8) is 0 Å². The Morgan fingerprint density at radius 2 is 1.10 bits per heavy atom. The van der Waals surface area contributed by atoms with Gasteiger partial charge < -0.3 is 24.7 Å². The van der Waals surface area contributed by atoms with Crippen LogP contribution in [0.3, 0.4) is 0 Å². The monoisotopic (exact) mass is 307 g/mol. The van der Waals surface area contributed by atoms with Gasteiger partial charge in [0.1, 0.15) is 5.78 Å². The molecule has 0 rings (SSSR count). The molecule has 0 aliphatic carbocycles. The minimum Gasteiger partial charge on any atom is -0.379 e. The quantitative estimate of drug-likeness (QED) is 0.489. The number of ketones is 1. The van der Waals surface area contributed by atoms with E-state index in [1.807, 2.05) is 0 Å². The van der Waals surface area contributed by atoms with Crippen LogP contribution < -0.4 is 5.73 Å². The molecular formula is C15H33NO5. The average Bonchev–Trinajstić information content (AvgIpc) is 2.44. The number of rotatable bonds is 14. The van der Waals surface area contributed by atoms with E-state index in [4.69, 9.17) is 24.7 Å². The molecule has 0 spiro atoms. The zero-order chi connectivity index (χ0) is 16.2. The summed E-state index contributed by atoms with van der Waals surface area (Å²) in [7, 11) is 0. The Morgan fingerprint density at radius 1 is 0.762 bits per heavy atom. The largest absolute Gasteiger partial charge is 0.379 e. The predicted octanol–water partition coefficient (Wildman–Crippen LogP) is 1.41. The zero-order valence-electron chi connectivity index (χ0n) is 13.9. The lowest BCUT2D eigenvalue weighted by atomic mass is 10.3. The molecule has 128 valence electrons. The maximum atomic E-state index is 10.6. The van der Waals surface area contributed by atoms with Crippen molar-refractivity contribution < 1.29 is 23.7 Å². The van der Waals surface area contributed by atoms with Crippen LogP contribution in [0.4, 0.5) is 0 Å². The van der Waals surface area contributed by atoms with Crippen LogP contribution in [0.2, 0.25) is 0 Å². The smallest absolute Gasteiger partial charge is 0.132 e. The Hall–Kier alpha value is -0.530. The van der Waals surface area contributed by atoms with E-state index in [1.54, 1.807) is 6.92 Å². The summed E-state index contributed by atoms with van der Waals surface area (Å²) in [5.41, 5.74) is 5.26. The van der Waals surface area contributed by atoms with Crippen molar-refractivity contribution in [2.75, 3.05) is 59.4 Å². The van der Waals surface area contributed by atoms with Gasteiger partial charge in [-0.1, -0.05) is 20.3 Å². The van der Waals surface area contributed by atoms with Crippen LogP contribution in [0.1, 0.15) is 33.6 Å². The SMILES string of the molecule is CC(=O)CCOCCOCCOCCOCCN.CCC. The summed E-state index contributed by atoms with van der Waals surface area (Å²) in [6.07, 6.45) is 1.71. The molecule has 0 radical (unpaired) electrons. The van der Waals surface area contributed by atoms with Gasteiger partial charge >= 0.3 is 0 Å². The van der Waals surface area contributed by atoms with E-state index in [-0.39, 0.29) is 5.78 Å². The molecule has 0 saturated carbocycles. The lowest BCUT2D eigenvalue weighted by Crippen LogP contribution is -2.14. The highest BCUT2D eigenvalue weighted by Crippen LogP contribution is 1.86. The molecule has 6 nitrogen and oxygen atoms in total. The highest BCUT2D eigenvalue weighted by molar-refractivity contribution is 5.75. The Morgan fingerprint density at radius 3 is 1.43 bits per heavy atom. The number of Topliss-reactive ketones (excluding diaryl/α,β-unsaturated/α-hetero) is 1. The average molecular weight is 307 g/mol. The summed E-state index contributed by atoms with van der Waals surface area (Å²) in [6, 6.07) is 0. The molecule has 0 aromatic rings. The molecule has 21 heavy (non-hydrogen) atoms. The van der Waals surface area contributed by atoms with Crippen molar-refractivity contribution in [3.8, 4) is 0 Å². The van der Waals surface area contributed by atoms with Crippen LogP contribution in [0.15, 0.2) is 0 Å². The Kier molecular flexibility index (Phi) is 23.6. The summed E-state index contributed by atoms with van der Waals surface area (Å²) in [5, 5.41) is 0. The fourth-order valence-corrected chi connectivity index (χ4v) is 1.06. The lowest BCUT2D eigenvalue weighted by Gasteiger charge is -2.06. The molecule has 0 aromatic carbocycles. The molecule has 0 atom stereocenters. The first-order chi connectivity index (χ1) is 10.2. The van der Waals surface area contributed by atoms with Crippen LogP contribution >= 0.6 is 0 Å². The first-order valence-electron chi connectivity index (χ1n) is 7.69. The van der Waals surface area contributed by atoms with Gasteiger partial charge in [0, 0.05) is 13.0 Å². The second kappa shape index (κ2) is 21.8. The van der Waals surface area contributed by atoms with Gasteiger partial charge in [-0.2, -0.15) is 0 Å². The van der Waals surface area contributed by atoms with E-state index in [1.165, 1.54) is 6.42 Å². The van der Waals surface area contributed by atoms with Gasteiger partial charge in [-0.3, -0.25) is 4.79 Å². The normalized spacial score (nSPS) is 10.1. The van der Waals surface area contributed by atoms with Gasteiger partial charge in [0.25, 0.3) is 0 Å². The van der Waals surface area contributed by atoms with Crippen molar-refractivity contribution >= 4 is 5.78 Å². The maximum absolute atomic E-state index is 10.6. The number of nitrogens with two attached hydrogens (primary N) is 1. The maximum Gasteiger partial charge on any atom is 0.132 e. The highest BCUT2D eigenvalue weighted by Gasteiger charge is 1.94.